The summed E-state index contributed by atoms with van der Waals surface area (Å²) in [6.07, 6.45) is 4.92. The van der Waals surface area contributed by atoms with Crippen molar-refractivity contribution in [2.45, 2.75) is 6.92 Å². The van der Waals surface area contributed by atoms with Crippen LogP contribution in [0.4, 0.5) is 11.5 Å². The molecule has 4 N–H and O–H groups in total. The molecule has 0 saturated carbocycles. The number of hydrogen-bond donors (Lipinski definition) is 3. The van der Waals surface area contributed by atoms with E-state index in [9.17, 15) is 4.79 Å². The van der Waals surface area contributed by atoms with Crippen molar-refractivity contribution in [2.75, 3.05) is 24.1 Å². The molecule has 0 atom stereocenters. The van der Waals surface area contributed by atoms with Gasteiger partial charge in [0.25, 0.3) is 5.91 Å². The Morgan fingerprint density at radius 2 is 2.05 bits per heavy atom. The van der Waals surface area contributed by atoms with E-state index in [1.807, 2.05) is 13.0 Å². The molecule has 2 aromatic rings. The van der Waals surface area contributed by atoms with Crippen LogP contribution in [0.25, 0.3) is 0 Å². The fourth-order valence-electron chi connectivity index (χ4n) is 1.70. The molecule has 0 aliphatic rings. The monoisotopic (exact) mass is 271 g/mol. The van der Waals surface area contributed by atoms with E-state index in [0.29, 0.717) is 30.2 Å². The molecule has 0 spiro atoms. The summed E-state index contributed by atoms with van der Waals surface area (Å²) < 4.78 is 0. The van der Waals surface area contributed by atoms with Crippen molar-refractivity contribution in [2.24, 2.45) is 0 Å². The number of nitrogens with zero attached hydrogens (tertiary/aromatic N) is 2. The third-order valence-electron chi connectivity index (χ3n) is 2.70. The van der Waals surface area contributed by atoms with Crippen LogP contribution in [0.15, 0.2) is 36.8 Å². The van der Waals surface area contributed by atoms with Crippen LogP contribution >= 0.6 is 0 Å². The highest BCUT2D eigenvalue weighted by Gasteiger charge is 2.04. The van der Waals surface area contributed by atoms with Crippen molar-refractivity contribution in [3.63, 3.8) is 0 Å². The first kappa shape index (κ1) is 13.8. The molecule has 2 heterocycles. The van der Waals surface area contributed by atoms with E-state index >= 15 is 0 Å². The summed E-state index contributed by atoms with van der Waals surface area (Å²) in [6, 6.07) is 5.19. The fourth-order valence-corrected chi connectivity index (χ4v) is 1.70. The highest BCUT2D eigenvalue weighted by molar-refractivity contribution is 5.93. The number of hydrogen-bond acceptors (Lipinski definition) is 5. The summed E-state index contributed by atoms with van der Waals surface area (Å²) >= 11 is 0. The van der Waals surface area contributed by atoms with E-state index in [4.69, 9.17) is 5.73 Å². The number of nitrogens with one attached hydrogen (secondary N) is 2. The maximum Gasteiger partial charge on any atom is 0.251 e. The molecule has 6 heteroatoms. The van der Waals surface area contributed by atoms with Gasteiger partial charge >= 0.3 is 0 Å². The molecule has 0 bridgehead atoms. The maximum atomic E-state index is 11.8. The molecule has 6 nitrogen and oxygen atoms in total. The first-order chi connectivity index (χ1) is 9.66. The highest BCUT2D eigenvalue weighted by atomic mass is 16.1. The Bertz CT molecular complexity index is 585. The number of carbonyl (C=O) groups is 1. The Morgan fingerprint density at radius 1 is 1.30 bits per heavy atom. The molecule has 0 aliphatic heterocycles. The van der Waals surface area contributed by atoms with Crippen LogP contribution < -0.4 is 16.4 Å². The number of aryl methyl sites for hydroxylation is 1. The normalized spacial score (nSPS) is 10.1. The molecular formula is C14H17N5O. The van der Waals surface area contributed by atoms with Crippen molar-refractivity contribution in [3.8, 4) is 0 Å². The Balaban J connectivity index is 1.78. The van der Waals surface area contributed by atoms with Gasteiger partial charge in [-0.05, 0) is 30.7 Å². The molecule has 0 fully saturated rings. The molecule has 0 saturated heterocycles. The molecule has 2 rings (SSSR count). The lowest BCUT2D eigenvalue weighted by molar-refractivity contribution is 0.0955. The molecule has 0 aliphatic carbocycles. The fraction of sp³-hybridized carbons (Fsp3) is 0.214. The third-order valence-corrected chi connectivity index (χ3v) is 2.70. The number of amides is 1. The quantitative estimate of drug-likeness (QED) is 0.711. The second-order valence-electron chi connectivity index (χ2n) is 4.37. The number of pyridine rings is 2. The maximum absolute atomic E-state index is 11.8. The predicted molar refractivity (Wildman–Crippen MR) is 78.4 cm³/mol. The van der Waals surface area contributed by atoms with Gasteiger partial charge in [-0.2, -0.15) is 0 Å². The standard InChI is InChI=1S/C14H17N5O/c1-10-8-12(15)13(19-9-10)17-6-7-18-14(20)11-2-4-16-5-3-11/h2-5,8-9H,6-7,15H2,1H3,(H,17,19)(H,18,20). The third kappa shape index (κ3) is 3.68. The zero-order chi connectivity index (χ0) is 14.4. The zero-order valence-corrected chi connectivity index (χ0v) is 11.3. The Labute approximate surface area is 117 Å². The summed E-state index contributed by atoms with van der Waals surface area (Å²) in [5.74, 6) is 0.507. The number of anilines is 2. The largest absolute Gasteiger partial charge is 0.396 e. The smallest absolute Gasteiger partial charge is 0.251 e. The molecule has 20 heavy (non-hydrogen) atoms. The van der Waals surface area contributed by atoms with E-state index < -0.39 is 0 Å². The first-order valence-corrected chi connectivity index (χ1v) is 6.31. The van der Waals surface area contributed by atoms with Crippen molar-refractivity contribution < 1.29 is 4.79 Å². The van der Waals surface area contributed by atoms with Crippen LogP contribution in [0.2, 0.25) is 0 Å². The molecule has 1 amide bonds. The van der Waals surface area contributed by atoms with Crippen LogP contribution in [0.5, 0.6) is 0 Å². The number of rotatable bonds is 5. The minimum absolute atomic E-state index is 0.126. The van der Waals surface area contributed by atoms with Gasteiger partial charge in [0.05, 0.1) is 5.69 Å². The SMILES string of the molecule is Cc1cnc(NCCNC(=O)c2ccncc2)c(N)c1. The summed E-state index contributed by atoms with van der Waals surface area (Å²) in [5.41, 5.74) is 8.04. The molecule has 2 aromatic heterocycles. The number of nitrogen functional groups attached to an aromatic ring is 1. The van der Waals surface area contributed by atoms with Gasteiger partial charge in [0.2, 0.25) is 0 Å². The molecular weight excluding hydrogens is 254 g/mol. The lowest BCUT2D eigenvalue weighted by atomic mass is 10.2. The molecule has 0 unspecified atom stereocenters. The number of nitrogens with two attached hydrogens (primary N) is 1. The van der Waals surface area contributed by atoms with Crippen LogP contribution in [-0.2, 0) is 0 Å². The minimum Gasteiger partial charge on any atom is -0.396 e. The average Bonchev–Trinajstić information content (AvgIpc) is 2.46. The second kappa shape index (κ2) is 6.51. The predicted octanol–water partition coefficient (Wildman–Crippen LogP) is 1.21. The van der Waals surface area contributed by atoms with Gasteiger partial charge in [-0.15, -0.1) is 0 Å². The van der Waals surface area contributed by atoms with Gasteiger partial charge < -0.3 is 16.4 Å². The topological polar surface area (TPSA) is 92.9 Å². The lowest BCUT2D eigenvalue weighted by Gasteiger charge is -2.09. The molecule has 104 valence electrons. The van der Waals surface area contributed by atoms with Crippen LogP contribution in [0.1, 0.15) is 15.9 Å². The summed E-state index contributed by atoms with van der Waals surface area (Å²) in [4.78, 5) is 19.8. The van der Waals surface area contributed by atoms with Gasteiger partial charge in [-0.25, -0.2) is 4.98 Å². The van der Waals surface area contributed by atoms with Crippen LogP contribution in [0, 0.1) is 6.92 Å². The second-order valence-corrected chi connectivity index (χ2v) is 4.37. The van der Waals surface area contributed by atoms with E-state index in [1.165, 1.54) is 0 Å². The van der Waals surface area contributed by atoms with Crippen LogP contribution in [0.3, 0.4) is 0 Å². The number of carbonyl (C=O) groups excluding carboxylic acids is 1. The molecule has 0 radical (unpaired) electrons. The Morgan fingerprint density at radius 3 is 2.75 bits per heavy atom. The summed E-state index contributed by atoms with van der Waals surface area (Å²) in [5, 5.41) is 5.89. The average molecular weight is 271 g/mol. The Kier molecular flexibility index (Phi) is 4.49. The van der Waals surface area contributed by atoms with Gasteiger partial charge in [0, 0.05) is 37.2 Å². The van der Waals surface area contributed by atoms with E-state index in [-0.39, 0.29) is 5.91 Å². The van der Waals surface area contributed by atoms with Crippen molar-refractivity contribution in [1.82, 2.24) is 15.3 Å². The van der Waals surface area contributed by atoms with Crippen molar-refractivity contribution in [1.29, 1.82) is 0 Å². The zero-order valence-electron chi connectivity index (χ0n) is 11.3. The Hall–Kier alpha value is -2.63. The summed E-state index contributed by atoms with van der Waals surface area (Å²) in [6.45, 7) is 2.97. The lowest BCUT2D eigenvalue weighted by Crippen LogP contribution is -2.29. The van der Waals surface area contributed by atoms with Crippen LogP contribution in [-0.4, -0.2) is 29.0 Å². The summed E-state index contributed by atoms with van der Waals surface area (Å²) in [7, 11) is 0. The minimum atomic E-state index is -0.126. The van der Waals surface area contributed by atoms with Crippen molar-refractivity contribution in [3.05, 3.63) is 47.9 Å². The van der Waals surface area contributed by atoms with Gasteiger partial charge in [0.15, 0.2) is 0 Å². The van der Waals surface area contributed by atoms with Gasteiger partial charge in [-0.3, -0.25) is 9.78 Å². The van der Waals surface area contributed by atoms with E-state index in [0.717, 1.165) is 5.56 Å². The van der Waals surface area contributed by atoms with E-state index in [1.54, 1.807) is 30.7 Å². The number of aromatic nitrogens is 2. The first-order valence-electron chi connectivity index (χ1n) is 6.31. The van der Waals surface area contributed by atoms with Gasteiger partial charge in [-0.1, -0.05) is 0 Å². The highest BCUT2D eigenvalue weighted by Crippen LogP contribution is 2.14. The van der Waals surface area contributed by atoms with Crippen molar-refractivity contribution >= 4 is 17.4 Å². The molecule has 0 aromatic carbocycles. The van der Waals surface area contributed by atoms with E-state index in [2.05, 4.69) is 20.6 Å². The van der Waals surface area contributed by atoms with Gasteiger partial charge in [0.1, 0.15) is 5.82 Å².